The summed E-state index contributed by atoms with van der Waals surface area (Å²) >= 11 is 1.17. The number of carbonyl (C=O) groups is 2. The van der Waals surface area contributed by atoms with Gasteiger partial charge in [0.25, 0.3) is 0 Å². The number of carbonyl (C=O) groups excluding carboxylic acids is 1. The summed E-state index contributed by atoms with van der Waals surface area (Å²) in [7, 11) is 0. The van der Waals surface area contributed by atoms with E-state index < -0.39 is 17.6 Å². The summed E-state index contributed by atoms with van der Waals surface area (Å²) in [5.74, 6) is -0.994. The average Bonchev–Trinajstić information content (AvgIpc) is 2.39. The van der Waals surface area contributed by atoms with Crippen molar-refractivity contribution >= 4 is 23.6 Å². The molecule has 6 nitrogen and oxygen atoms in total. The first-order valence-electron chi connectivity index (χ1n) is 6.27. The van der Waals surface area contributed by atoms with Crippen LogP contribution in [0.1, 0.15) is 32.1 Å². The Morgan fingerprint density at radius 3 is 2.58 bits per heavy atom. The molecule has 1 fully saturated rings. The SMILES string of the molecule is N#CC1(NC(=O)CSC[C@H](N)C(=O)O)CCCCC1. The molecule has 1 atom stereocenters. The first-order valence-corrected chi connectivity index (χ1v) is 7.43. The summed E-state index contributed by atoms with van der Waals surface area (Å²) in [5, 5.41) is 20.6. The zero-order valence-electron chi connectivity index (χ0n) is 10.7. The fraction of sp³-hybridized carbons (Fsp3) is 0.750. The van der Waals surface area contributed by atoms with Crippen LogP contribution >= 0.6 is 11.8 Å². The number of thioether (sulfide) groups is 1. The topological polar surface area (TPSA) is 116 Å². The lowest BCUT2D eigenvalue weighted by molar-refractivity contribution is -0.138. The van der Waals surface area contributed by atoms with Gasteiger partial charge in [0, 0.05) is 5.75 Å². The van der Waals surface area contributed by atoms with Crippen molar-refractivity contribution in [2.45, 2.75) is 43.7 Å². The molecule has 4 N–H and O–H groups in total. The molecule has 0 bridgehead atoms. The van der Waals surface area contributed by atoms with Crippen LogP contribution in [0, 0.1) is 11.3 Å². The lowest BCUT2D eigenvalue weighted by Crippen LogP contribution is -2.49. The molecule has 1 rings (SSSR count). The van der Waals surface area contributed by atoms with Crippen molar-refractivity contribution < 1.29 is 14.7 Å². The van der Waals surface area contributed by atoms with Crippen LogP contribution in [0.15, 0.2) is 0 Å². The molecule has 1 aliphatic carbocycles. The summed E-state index contributed by atoms with van der Waals surface area (Å²) in [6, 6.07) is 1.24. The molecule has 1 aliphatic rings. The van der Waals surface area contributed by atoms with Gasteiger partial charge in [0.15, 0.2) is 0 Å². The Morgan fingerprint density at radius 1 is 1.42 bits per heavy atom. The van der Waals surface area contributed by atoms with Gasteiger partial charge in [-0.05, 0) is 12.8 Å². The third kappa shape index (κ3) is 5.09. The van der Waals surface area contributed by atoms with E-state index in [2.05, 4.69) is 11.4 Å². The van der Waals surface area contributed by atoms with Crippen LogP contribution in [0.4, 0.5) is 0 Å². The maximum absolute atomic E-state index is 11.8. The Morgan fingerprint density at radius 2 is 2.05 bits per heavy atom. The van der Waals surface area contributed by atoms with Gasteiger partial charge in [-0.25, -0.2) is 0 Å². The number of aliphatic carboxylic acids is 1. The quantitative estimate of drug-likeness (QED) is 0.653. The number of carboxylic acids is 1. The normalized spacial score (nSPS) is 19.2. The van der Waals surface area contributed by atoms with E-state index >= 15 is 0 Å². The van der Waals surface area contributed by atoms with Gasteiger partial charge in [0.1, 0.15) is 11.6 Å². The van der Waals surface area contributed by atoms with Crippen LogP contribution in [0.25, 0.3) is 0 Å². The van der Waals surface area contributed by atoms with E-state index in [4.69, 9.17) is 10.8 Å². The van der Waals surface area contributed by atoms with Crippen LogP contribution in [0.3, 0.4) is 0 Å². The molecule has 0 unspecified atom stereocenters. The third-order valence-corrected chi connectivity index (χ3v) is 4.21. The second kappa shape index (κ2) is 7.36. The second-order valence-electron chi connectivity index (χ2n) is 4.76. The first kappa shape index (κ1) is 15.8. The van der Waals surface area contributed by atoms with E-state index in [0.29, 0.717) is 12.8 Å². The largest absolute Gasteiger partial charge is 0.480 e. The molecule has 0 aromatic carbocycles. The molecular weight excluding hydrogens is 266 g/mol. The van der Waals surface area contributed by atoms with Gasteiger partial charge < -0.3 is 16.2 Å². The molecule has 0 radical (unpaired) electrons. The van der Waals surface area contributed by atoms with Crippen LogP contribution in [0.5, 0.6) is 0 Å². The smallest absolute Gasteiger partial charge is 0.321 e. The van der Waals surface area contributed by atoms with E-state index in [1.54, 1.807) is 0 Å². The van der Waals surface area contributed by atoms with E-state index in [1.807, 2.05) is 0 Å². The maximum atomic E-state index is 11.8. The molecule has 0 aromatic rings. The van der Waals surface area contributed by atoms with Crippen molar-refractivity contribution in [1.82, 2.24) is 5.32 Å². The van der Waals surface area contributed by atoms with Gasteiger partial charge in [0.2, 0.25) is 5.91 Å². The summed E-state index contributed by atoms with van der Waals surface area (Å²) < 4.78 is 0. The zero-order valence-corrected chi connectivity index (χ0v) is 11.5. The van der Waals surface area contributed by atoms with Crippen molar-refractivity contribution in [3.05, 3.63) is 0 Å². The number of amides is 1. The predicted molar refractivity (Wildman–Crippen MR) is 72.5 cm³/mol. The minimum Gasteiger partial charge on any atom is -0.480 e. The predicted octanol–water partition coefficient (Wildman–Crippen LogP) is 0.474. The molecule has 19 heavy (non-hydrogen) atoms. The van der Waals surface area contributed by atoms with Crippen molar-refractivity contribution in [1.29, 1.82) is 5.26 Å². The number of rotatable bonds is 6. The van der Waals surface area contributed by atoms with Gasteiger partial charge in [-0.15, -0.1) is 11.8 Å². The Kier molecular flexibility index (Phi) is 6.12. The van der Waals surface area contributed by atoms with Crippen LogP contribution in [0.2, 0.25) is 0 Å². The van der Waals surface area contributed by atoms with Crippen molar-refractivity contribution in [3.8, 4) is 6.07 Å². The molecule has 7 heteroatoms. The van der Waals surface area contributed by atoms with Crippen LogP contribution < -0.4 is 11.1 Å². The molecule has 106 valence electrons. The Bertz CT molecular complexity index is 375. The Hall–Kier alpha value is -1.26. The van der Waals surface area contributed by atoms with Gasteiger partial charge in [-0.3, -0.25) is 9.59 Å². The molecule has 1 saturated carbocycles. The van der Waals surface area contributed by atoms with Gasteiger partial charge in [-0.1, -0.05) is 19.3 Å². The van der Waals surface area contributed by atoms with Crippen molar-refractivity contribution in [2.24, 2.45) is 5.73 Å². The van der Waals surface area contributed by atoms with Crippen molar-refractivity contribution in [2.75, 3.05) is 11.5 Å². The number of carboxylic acid groups (broad SMARTS) is 1. The van der Waals surface area contributed by atoms with E-state index in [-0.39, 0.29) is 17.4 Å². The highest BCUT2D eigenvalue weighted by molar-refractivity contribution is 8.00. The van der Waals surface area contributed by atoms with Crippen LogP contribution in [-0.4, -0.2) is 40.1 Å². The summed E-state index contributed by atoms with van der Waals surface area (Å²) in [6.07, 6.45) is 4.38. The number of nitrogens with one attached hydrogen (secondary N) is 1. The van der Waals surface area contributed by atoms with Crippen LogP contribution in [-0.2, 0) is 9.59 Å². The fourth-order valence-electron chi connectivity index (χ4n) is 2.07. The highest BCUT2D eigenvalue weighted by Gasteiger charge is 2.33. The highest BCUT2D eigenvalue weighted by atomic mass is 32.2. The molecular formula is C12H19N3O3S. The number of hydrogen-bond acceptors (Lipinski definition) is 5. The van der Waals surface area contributed by atoms with E-state index in [9.17, 15) is 14.9 Å². The number of nitriles is 1. The lowest BCUT2D eigenvalue weighted by atomic mass is 9.83. The summed E-state index contributed by atoms with van der Waals surface area (Å²) in [6.45, 7) is 0. The second-order valence-corrected chi connectivity index (χ2v) is 5.79. The summed E-state index contributed by atoms with van der Waals surface area (Å²) in [5.41, 5.74) is 4.60. The maximum Gasteiger partial charge on any atom is 0.321 e. The number of nitrogens with zero attached hydrogens (tertiary/aromatic N) is 1. The average molecular weight is 285 g/mol. The molecule has 0 heterocycles. The number of hydrogen-bond donors (Lipinski definition) is 3. The zero-order chi connectivity index (χ0) is 14.3. The molecule has 0 spiro atoms. The molecule has 0 saturated heterocycles. The highest BCUT2D eigenvalue weighted by Crippen LogP contribution is 2.27. The van der Waals surface area contributed by atoms with Gasteiger partial charge in [0.05, 0.1) is 11.8 Å². The molecule has 0 aromatic heterocycles. The molecule has 0 aliphatic heterocycles. The lowest BCUT2D eigenvalue weighted by Gasteiger charge is -2.31. The minimum absolute atomic E-state index is 0.129. The third-order valence-electron chi connectivity index (χ3n) is 3.15. The first-order chi connectivity index (χ1) is 8.99. The fourth-order valence-corrected chi connectivity index (χ4v) is 2.84. The Balaban J connectivity index is 2.34. The van der Waals surface area contributed by atoms with E-state index in [1.165, 1.54) is 11.8 Å². The van der Waals surface area contributed by atoms with Gasteiger partial charge >= 0.3 is 5.97 Å². The van der Waals surface area contributed by atoms with Crippen molar-refractivity contribution in [3.63, 3.8) is 0 Å². The monoisotopic (exact) mass is 285 g/mol. The molecule has 1 amide bonds. The summed E-state index contributed by atoms with van der Waals surface area (Å²) in [4.78, 5) is 22.3. The Labute approximate surface area is 116 Å². The number of nitrogens with two attached hydrogens (primary N) is 1. The standard InChI is InChI=1S/C12H19N3O3S/c13-8-12(4-2-1-3-5-12)15-10(16)7-19-6-9(14)11(17)18/h9H,1-7,14H2,(H,15,16)(H,17,18)/t9-/m0/s1. The minimum atomic E-state index is -1.08. The van der Waals surface area contributed by atoms with Gasteiger partial charge in [-0.2, -0.15) is 5.26 Å². The van der Waals surface area contributed by atoms with E-state index in [0.717, 1.165) is 19.3 Å².